The molecule has 0 spiro atoms. The number of ether oxygens (including phenoxy) is 1. The first-order valence-corrected chi connectivity index (χ1v) is 8.16. The Kier molecular flexibility index (Phi) is 3.79. The highest BCUT2D eigenvalue weighted by molar-refractivity contribution is 5.94. The van der Waals surface area contributed by atoms with E-state index in [0.717, 1.165) is 11.3 Å². The number of carbonyl (C=O) groups is 1. The van der Waals surface area contributed by atoms with E-state index in [-0.39, 0.29) is 37.1 Å². The number of rotatable bonds is 2. The van der Waals surface area contributed by atoms with Crippen molar-refractivity contribution in [1.29, 1.82) is 0 Å². The standard InChI is InChI=1S/C15H16F3N5O3/c1-6-3-9-10(7(2)25-6)20-21-11(9)13(24)23-4-8(5-23)12-19-14(22-26-12)15(16,17)18/h6-8H,3-5H2,1-2H3,(H,20,21)/t6-,7+/m1/s1. The van der Waals surface area contributed by atoms with Crippen LogP contribution < -0.4 is 0 Å². The molecule has 2 aromatic heterocycles. The molecular formula is C15H16F3N5O3. The molecule has 4 rings (SSSR count). The largest absolute Gasteiger partial charge is 0.455 e. The summed E-state index contributed by atoms with van der Waals surface area (Å²) in [6.07, 6.45) is -4.27. The molecule has 1 N–H and O–H groups in total. The zero-order chi connectivity index (χ0) is 18.6. The Morgan fingerprint density at radius 2 is 2.04 bits per heavy atom. The van der Waals surface area contributed by atoms with Gasteiger partial charge in [0.05, 0.1) is 23.8 Å². The molecule has 8 nitrogen and oxygen atoms in total. The first-order valence-electron chi connectivity index (χ1n) is 8.16. The minimum absolute atomic E-state index is 0.0232. The molecule has 0 bridgehead atoms. The molecule has 4 heterocycles. The summed E-state index contributed by atoms with van der Waals surface area (Å²) >= 11 is 0. The summed E-state index contributed by atoms with van der Waals surface area (Å²) in [7, 11) is 0. The molecule has 140 valence electrons. The Morgan fingerprint density at radius 3 is 2.69 bits per heavy atom. The Hall–Kier alpha value is -2.43. The Morgan fingerprint density at radius 1 is 1.31 bits per heavy atom. The third-order valence-electron chi connectivity index (χ3n) is 4.65. The van der Waals surface area contributed by atoms with E-state index in [0.29, 0.717) is 12.1 Å². The minimum Gasteiger partial charge on any atom is -0.369 e. The number of carbonyl (C=O) groups excluding carboxylic acids is 1. The molecule has 0 aliphatic carbocycles. The number of halogens is 3. The molecule has 2 atom stereocenters. The molecule has 11 heteroatoms. The van der Waals surface area contributed by atoms with Gasteiger partial charge in [0, 0.05) is 25.1 Å². The van der Waals surface area contributed by atoms with Gasteiger partial charge in [-0.25, -0.2) is 0 Å². The van der Waals surface area contributed by atoms with E-state index in [1.165, 1.54) is 4.90 Å². The molecule has 0 saturated carbocycles. The molecule has 2 aliphatic heterocycles. The first-order chi connectivity index (χ1) is 12.2. The van der Waals surface area contributed by atoms with Crippen molar-refractivity contribution in [2.45, 2.75) is 44.6 Å². The molecule has 26 heavy (non-hydrogen) atoms. The number of fused-ring (bicyclic) bond motifs is 1. The lowest BCUT2D eigenvalue weighted by molar-refractivity contribution is -0.146. The fraction of sp³-hybridized carbons (Fsp3) is 0.600. The van der Waals surface area contributed by atoms with Crippen molar-refractivity contribution in [1.82, 2.24) is 25.2 Å². The van der Waals surface area contributed by atoms with Crippen LogP contribution in [0.1, 0.15) is 59.3 Å². The van der Waals surface area contributed by atoms with Crippen molar-refractivity contribution in [3.63, 3.8) is 0 Å². The van der Waals surface area contributed by atoms with Gasteiger partial charge in [0.2, 0.25) is 5.89 Å². The molecule has 1 amide bonds. The van der Waals surface area contributed by atoms with E-state index in [4.69, 9.17) is 4.74 Å². The highest BCUT2D eigenvalue weighted by atomic mass is 19.4. The average molecular weight is 371 g/mol. The smallest absolute Gasteiger partial charge is 0.369 e. The Balaban J connectivity index is 1.45. The number of aromatic nitrogens is 4. The maximum atomic E-state index is 12.7. The molecule has 2 aliphatic rings. The summed E-state index contributed by atoms with van der Waals surface area (Å²) in [5.41, 5.74) is 1.96. The van der Waals surface area contributed by atoms with Crippen LogP contribution in [-0.4, -0.2) is 50.3 Å². The number of hydrogen-bond donors (Lipinski definition) is 1. The van der Waals surface area contributed by atoms with Gasteiger partial charge in [-0.15, -0.1) is 0 Å². The number of likely N-dealkylation sites (tertiary alicyclic amines) is 1. The molecule has 1 saturated heterocycles. The van der Waals surface area contributed by atoms with Gasteiger partial charge >= 0.3 is 6.18 Å². The van der Waals surface area contributed by atoms with E-state index in [1.54, 1.807) is 0 Å². The van der Waals surface area contributed by atoms with Crippen LogP contribution >= 0.6 is 0 Å². The molecular weight excluding hydrogens is 355 g/mol. The Labute approximate surface area is 145 Å². The van der Waals surface area contributed by atoms with E-state index in [1.807, 2.05) is 13.8 Å². The normalized spacial score (nSPS) is 23.7. The molecule has 2 aromatic rings. The predicted molar refractivity (Wildman–Crippen MR) is 79.2 cm³/mol. The zero-order valence-electron chi connectivity index (χ0n) is 14.0. The van der Waals surface area contributed by atoms with Crippen LogP contribution in [0.3, 0.4) is 0 Å². The summed E-state index contributed by atoms with van der Waals surface area (Å²) in [6, 6.07) is 0. The zero-order valence-corrected chi connectivity index (χ0v) is 14.0. The van der Waals surface area contributed by atoms with Crippen molar-refractivity contribution in [3.05, 3.63) is 28.7 Å². The van der Waals surface area contributed by atoms with Gasteiger partial charge in [-0.2, -0.15) is 23.3 Å². The number of H-pyrrole nitrogens is 1. The summed E-state index contributed by atoms with van der Waals surface area (Å²) in [5.74, 6) is -2.09. The first kappa shape index (κ1) is 17.0. The van der Waals surface area contributed by atoms with E-state index < -0.39 is 17.9 Å². The number of aromatic amines is 1. The number of amides is 1. The second-order valence-corrected chi connectivity index (χ2v) is 6.62. The van der Waals surface area contributed by atoms with Gasteiger partial charge in [0.1, 0.15) is 0 Å². The quantitative estimate of drug-likeness (QED) is 0.868. The Bertz CT molecular complexity index is 840. The van der Waals surface area contributed by atoms with Gasteiger partial charge in [0.25, 0.3) is 11.7 Å². The topological polar surface area (TPSA) is 97.1 Å². The molecule has 0 radical (unpaired) electrons. The van der Waals surface area contributed by atoms with Crippen molar-refractivity contribution in [2.24, 2.45) is 0 Å². The lowest BCUT2D eigenvalue weighted by Gasteiger charge is -2.37. The third kappa shape index (κ3) is 2.75. The van der Waals surface area contributed by atoms with Crippen LogP contribution in [0, 0.1) is 0 Å². The highest BCUT2D eigenvalue weighted by Gasteiger charge is 2.42. The summed E-state index contributed by atoms with van der Waals surface area (Å²) in [6.45, 7) is 4.23. The number of alkyl halides is 3. The predicted octanol–water partition coefficient (Wildman–Crippen LogP) is 2.07. The van der Waals surface area contributed by atoms with Crippen molar-refractivity contribution in [3.8, 4) is 0 Å². The van der Waals surface area contributed by atoms with Gasteiger partial charge in [-0.05, 0) is 13.8 Å². The van der Waals surface area contributed by atoms with Crippen molar-refractivity contribution < 1.29 is 27.2 Å². The molecule has 1 fully saturated rings. The van der Waals surface area contributed by atoms with Crippen LogP contribution in [0.4, 0.5) is 13.2 Å². The average Bonchev–Trinajstić information content (AvgIpc) is 3.11. The van der Waals surface area contributed by atoms with Crippen LogP contribution in [0.2, 0.25) is 0 Å². The maximum absolute atomic E-state index is 12.7. The van der Waals surface area contributed by atoms with Gasteiger partial charge < -0.3 is 14.2 Å². The van der Waals surface area contributed by atoms with Crippen LogP contribution in [0.5, 0.6) is 0 Å². The van der Waals surface area contributed by atoms with E-state index in [9.17, 15) is 18.0 Å². The van der Waals surface area contributed by atoms with Gasteiger partial charge in [-0.3, -0.25) is 9.89 Å². The lowest BCUT2D eigenvalue weighted by Crippen LogP contribution is -2.49. The fourth-order valence-corrected chi connectivity index (χ4v) is 3.32. The second-order valence-electron chi connectivity index (χ2n) is 6.62. The maximum Gasteiger partial charge on any atom is 0.455 e. The van der Waals surface area contributed by atoms with E-state index in [2.05, 4.69) is 24.9 Å². The third-order valence-corrected chi connectivity index (χ3v) is 4.65. The minimum atomic E-state index is -4.65. The number of nitrogens with one attached hydrogen (secondary N) is 1. The van der Waals surface area contributed by atoms with Gasteiger partial charge in [-0.1, -0.05) is 5.16 Å². The number of hydrogen-bond acceptors (Lipinski definition) is 6. The molecule has 0 aromatic carbocycles. The van der Waals surface area contributed by atoms with E-state index >= 15 is 0 Å². The summed E-state index contributed by atoms with van der Waals surface area (Å²) in [5, 5.41) is 9.92. The highest BCUT2D eigenvalue weighted by Crippen LogP contribution is 2.34. The van der Waals surface area contributed by atoms with Crippen LogP contribution in [-0.2, 0) is 17.3 Å². The summed E-state index contributed by atoms with van der Waals surface area (Å²) < 4.78 is 48.0. The monoisotopic (exact) mass is 371 g/mol. The SMILES string of the molecule is C[C@@H]1Cc2c(C(=O)N3CC(c4nc(C(F)(F)F)no4)C3)n[nH]c2[C@H](C)O1. The van der Waals surface area contributed by atoms with Crippen molar-refractivity contribution in [2.75, 3.05) is 13.1 Å². The summed E-state index contributed by atoms with van der Waals surface area (Å²) in [4.78, 5) is 17.5. The molecule has 0 unspecified atom stereocenters. The number of nitrogens with zero attached hydrogens (tertiary/aromatic N) is 4. The van der Waals surface area contributed by atoms with Crippen LogP contribution in [0.25, 0.3) is 0 Å². The van der Waals surface area contributed by atoms with Crippen molar-refractivity contribution >= 4 is 5.91 Å². The fourth-order valence-electron chi connectivity index (χ4n) is 3.32. The van der Waals surface area contributed by atoms with Crippen LogP contribution in [0.15, 0.2) is 4.52 Å². The lowest BCUT2D eigenvalue weighted by atomic mass is 9.96. The second kappa shape index (κ2) is 5.79. The van der Waals surface area contributed by atoms with Gasteiger partial charge in [0.15, 0.2) is 5.69 Å².